The summed E-state index contributed by atoms with van der Waals surface area (Å²) in [6.45, 7) is 6.08. The quantitative estimate of drug-likeness (QED) is 0.0555. The number of nitrogens with one attached hydrogen (secondary N) is 4. The molecule has 4 aromatic rings. The van der Waals surface area contributed by atoms with Crippen molar-refractivity contribution in [3.05, 3.63) is 96.1 Å². The Morgan fingerprint density at radius 2 is 1.06 bits per heavy atom. The van der Waals surface area contributed by atoms with Crippen molar-refractivity contribution in [3.8, 4) is 11.5 Å². The fourth-order valence-corrected chi connectivity index (χ4v) is 12.9. The van der Waals surface area contributed by atoms with Crippen molar-refractivity contribution in [2.75, 3.05) is 60.1 Å². The van der Waals surface area contributed by atoms with Gasteiger partial charge in [0.1, 0.15) is 29.4 Å². The average molecular weight is 1060 g/mol. The smallest absolute Gasteiger partial charge is 0.337 e. The molecule has 418 valence electrons. The van der Waals surface area contributed by atoms with Crippen LogP contribution < -0.4 is 20.1 Å². The van der Waals surface area contributed by atoms with Crippen LogP contribution in [0.15, 0.2) is 73.6 Å². The molecule has 2 aliphatic carbocycles. The summed E-state index contributed by atoms with van der Waals surface area (Å²) in [5.41, 5.74) is 2.07. The zero-order chi connectivity index (χ0) is 54.2. The van der Waals surface area contributed by atoms with Gasteiger partial charge in [0.2, 0.25) is 11.8 Å². The van der Waals surface area contributed by atoms with Crippen LogP contribution in [0.2, 0.25) is 0 Å². The number of piperidine rings is 2. The van der Waals surface area contributed by atoms with Gasteiger partial charge < -0.3 is 44.6 Å². The summed E-state index contributed by atoms with van der Waals surface area (Å²) in [7, 11) is 3.17. The van der Waals surface area contributed by atoms with Gasteiger partial charge in [0.05, 0.1) is 32.5 Å². The number of ketones is 1. The lowest BCUT2D eigenvalue weighted by atomic mass is 9.62. The first kappa shape index (κ1) is 56.8. The third kappa shape index (κ3) is 14.0. The third-order valence-corrected chi connectivity index (χ3v) is 17.4. The minimum absolute atomic E-state index is 0.000996. The van der Waals surface area contributed by atoms with Gasteiger partial charge >= 0.3 is 12.1 Å². The molecular weight excluding hydrogens is 977 g/mol. The van der Waals surface area contributed by atoms with Crippen LogP contribution in [0.5, 0.6) is 11.5 Å². The number of aromatic nitrogens is 4. The molecule has 0 spiro atoms. The number of rotatable bonds is 22. The van der Waals surface area contributed by atoms with Crippen molar-refractivity contribution >= 4 is 29.7 Å². The van der Waals surface area contributed by atoms with Crippen LogP contribution in [-0.2, 0) is 44.8 Å². The zero-order valence-corrected chi connectivity index (χ0v) is 46.1. The lowest BCUT2D eigenvalue weighted by Gasteiger charge is -2.50. The molecule has 18 heteroatoms. The van der Waals surface area contributed by atoms with Crippen LogP contribution in [0.3, 0.4) is 0 Å². The highest BCUT2D eigenvalue weighted by atomic mass is 16.5. The van der Waals surface area contributed by atoms with E-state index in [4.69, 9.17) is 14.2 Å². The van der Waals surface area contributed by atoms with E-state index in [9.17, 15) is 4.79 Å². The average Bonchev–Trinajstić information content (AvgIpc) is 4.24. The SMILES string of the molecule is CCCOC1(C2CCCCC2)CCN(C(=O)C(Cc2ccc(OC)cc2)N(C(=O)NCCc2cnc[nH]2)N(C(=O)NCCc2cnc[nH]2)C(Cc2ccc(OC)cc2)C(=O)N2CCC(C(C)=O)(C3CCCCC3)CC2)CC1. The Morgan fingerprint density at radius 3 is 1.45 bits per heavy atom. The summed E-state index contributed by atoms with van der Waals surface area (Å²) < 4.78 is 17.9. The second kappa shape index (κ2) is 27.2. The molecule has 4 N–H and O–H groups in total. The Hall–Kier alpha value is -6.43. The number of urea groups is 2. The molecular formula is C59H84N10O8. The molecule has 2 unspecified atom stereocenters. The molecule has 6 amide bonds. The number of hydrogen-bond acceptors (Lipinski definition) is 10. The second-order valence-corrected chi connectivity index (χ2v) is 21.9. The second-order valence-electron chi connectivity index (χ2n) is 21.9. The molecule has 2 aliphatic heterocycles. The van der Waals surface area contributed by atoms with Crippen molar-refractivity contribution in [2.24, 2.45) is 17.3 Å². The molecule has 2 aromatic carbocycles. The molecule has 77 heavy (non-hydrogen) atoms. The number of amides is 6. The summed E-state index contributed by atoms with van der Waals surface area (Å²) in [6, 6.07) is 10.6. The highest BCUT2D eigenvalue weighted by Gasteiger charge is 2.51. The highest BCUT2D eigenvalue weighted by Crippen LogP contribution is 2.47. The van der Waals surface area contributed by atoms with Crippen molar-refractivity contribution in [1.29, 1.82) is 0 Å². The number of carbonyl (C=O) groups is 5. The first-order valence-electron chi connectivity index (χ1n) is 28.5. The first-order chi connectivity index (χ1) is 37.5. The van der Waals surface area contributed by atoms with Gasteiger partial charge in [-0.25, -0.2) is 29.6 Å². The molecule has 2 aromatic heterocycles. The van der Waals surface area contributed by atoms with Crippen LogP contribution in [0, 0.1) is 17.3 Å². The van der Waals surface area contributed by atoms with Gasteiger partial charge in [0, 0.05) is 101 Å². The molecule has 4 fully saturated rings. The number of benzene rings is 2. The van der Waals surface area contributed by atoms with Crippen LogP contribution in [0.25, 0.3) is 0 Å². The van der Waals surface area contributed by atoms with E-state index in [0.29, 0.717) is 94.3 Å². The number of ether oxygens (including phenoxy) is 3. The maximum absolute atomic E-state index is 16.1. The fourth-order valence-electron chi connectivity index (χ4n) is 12.9. The predicted octanol–water partition coefficient (Wildman–Crippen LogP) is 8.24. The third-order valence-electron chi connectivity index (χ3n) is 17.4. The van der Waals surface area contributed by atoms with Crippen molar-refractivity contribution in [1.82, 2.24) is 50.4 Å². The van der Waals surface area contributed by atoms with Crippen LogP contribution in [-0.4, -0.2) is 147 Å². The van der Waals surface area contributed by atoms with Gasteiger partial charge in [-0.05, 0) is 112 Å². The van der Waals surface area contributed by atoms with E-state index in [0.717, 1.165) is 81.2 Å². The van der Waals surface area contributed by atoms with E-state index in [-0.39, 0.29) is 55.0 Å². The lowest BCUT2D eigenvalue weighted by molar-refractivity contribution is -0.159. The minimum atomic E-state index is -1.35. The van der Waals surface area contributed by atoms with E-state index in [1.54, 1.807) is 51.1 Å². The highest BCUT2D eigenvalue weighted by molar-refractivity contribution is 5.93. The van der Waals surface area contributed by atoms with E-state index in [1.807, 2.05) is 53.4 Å². The largest absolute Gasteiger partial charge is 0.497 e. The van der Waals surface area contributed by atoms with Gasteiger partial charge in [-0.2, -0.15) is 0 Å². The molecule has 2 saturated carbocycles. The number of hydrazine groups is 1. The maximum atomic E-state index is 16.1. The number of methoxy groups -OCH3 is 2. The number of aromatic amines is 2. The summed E-state index contributed by atoms with van der Waals surface area (Å²) in [6.07, 6.45) is 21.4. The van der Waals surface area contributed by atoms with Gasteiger partial charge in [0.15, 0.2) is 0 Å². The Morgan fingerprint density at radius 1 is 0.636 bits per heavy atom. The molecule has 4 aliphatic rings. The Labute approximate surface area is 455 Å². The molecule has 18 nitrogen and oxygen atoms in total. The number of carbonyl (C=O) groups excluding carboxylic acids is 5. The summed E-state index contributed by atoms with van der Waals surface area (Å²) in [4.78, 5) is 95.5. The number of nitrogens with zero attached hydrogens (tertiary/aromatic N) is 6. The molecule has 0 radical (unpaired) electrons. The molecule has 4 heterocycles. The van der Waals surface area contributed by atoms with Gasteiger partial charge in [-0.1, -0.05) is 69.7 Å². The van der Waals surface area contributed by atoms with Crippen LogP contribution in [0.4, 0.5) is 9.59 Å². The maximum Gasteiger partial charge on any atom is 0.337 e. The monoisotopic (exact) mass is 1060 g/mol. The number of imidazole rings is 2. The molecule has 0 bridgehead atoms. The van der Waals surface area contributed by atoms with E-state index in [2.05, 4.69) is 37.5 Å². The Kier molecular flexibility index (Phi) is 20.1. The summed E-state index contributed by atoms with van der Waals surface area (Å²) in [5, 5.41) is 8.65. The first-order valence-corrected chi connectivity index (χ1v) is 28.5. The van der Waals surface area contributed by atoms with E-state index < -0.39 is 29.6 Å². The predicted molar refractivity (Wildman–Crippen MR) is 293 cm³/mol. The summed E-state index contributed by atoms with van der Waals surface area (Å²) >= 11 is 0. The number of hydrogen-bond donors (Lipinski definition) is 4. The number of likely N-dealkylation sites (tertiary alicyclic amines) is 2. The van der Waals surface area contributed by atoms with Gasteiger partial charge in [-0.15, -0.1) is 0 Å². The Bertz CT molecular complexity index is 2480. The molecule has 8 rings (SSSR count). The van der Waals surface area contributed by atoms with Gasteiger partial charge in [-0.3, -0.25) is 14.4 Å². The molecule has 2 saturated heterocycles. The normalized spacial score (nSPS) is 18.6. The van der Waals surface area contributed by atoms with Crippen molar-refractivity contribution < 1.29 is 38.2 Å². The lowest BCUT2D eigenvalue weighted by Crippen LogP contribution is -2.69. The van der Waals surface area contributed by atoms with Crippen molar-refractivity contribution in [3.63, 3.8) is 0 Å². The Balaban J connectivity index is 1.23. The number of H-pyrrole nitrogens is 2. The minimum Gasteiger partial charge on any atom is -0.497 e. The van der Waals surface area contributed by atoms with Gasteiger partial charge in [0.25, 0.3) is 0 Å². The zero-order valence-electron chi connectivity index (χ0n) is 46.1. The molecule has 2 atom stereocenters. The van der Waals surface area contributed by atoms with Crippen LogP contribution >= 0.6 is 0 Å². The van der Waals surface area contributed by atoms with E-state index in [1.165, 1.54) is 16.4 Å². The van der Waals surface area contributed by atoms with E-state index >= 15 is 19.2 Å². The standard InChI is InChI=1S/C59H84N10O8/c1-5-36-77-59(47-14-10-7-11-15-47)28-34-67(35-29-59)55(72)53(38-45-18-22-51(76-4)23-19-45)69(57(74)63-31-25-49-40-61-42-65-49)68(56(73)62-30-24-48-39-60-41-64-48)52(37-44-16-20-50(75-3)21-17-44)54(71)66-32-26-58(27-33-66,43(2)70)46-12-8-6-9-13-46/h16-23,39-42,46-47,52-53H,5-15,24-38H2,1-4H3,(H,60,64)(H,61,65)(H,62,73)(H,63,74). The fraction of sp³-hybridized carbons (Fsp3) is 0.610. The van der Waals surface area contributed by atoms with Crippen molar-refractivity contribution in [2.45, 2.75) is 154 Å². The summed E-state index contributed by atoms with van der Waals surface area (Å²) in [5.74, 6) is 1.28. The number of Topliss-reactive ketones (excluding diaryl/α,β-unsaturated/α-hetero) is 1. The topological polar surface area (TPSA) is 207 Å². The van der Waals surface area contributed by atoms with Crippen LogP contribution in [0.1, 0.15) is 133 Å².